The normalized spacial score (nSPS) is 14.7. The highest BCUT2D eigenvalue weighted by Gasteiger charge is 2.37. The maximum atomic E-state index is 12.5. The molecule has 2 aromatic rings. The summed E-state index contributed by atoms with van der Waals surface area (Å²) in [5.41, 5.74) is 2.51. The highest BCUT2D eigenvalue weighted by atomic mass is 32.2. The fraction of sp³-hybridized carbons (Fsp3) is 0.316. The number of urea groups is 1. The lowest BCUT2D eigenvalue weighted by molar-refractivity contribution is 0.241. The second kappa shape index (κ2) is 8.30. The summed E-state index contributed by atoms with van der Waals surface area (Å²) < 4.78 is 27.6. The van der Waals surface area contributed by atoms with E-state index in [0.29, 0.717) is 17.9 Å². The van der Waals surface area contributed by atoms with Crippen molar-refractivity contribution < 1.29 is 13.2 Å². The summed E-state index contributed by atoms with van der Waals surface area (Å²) in [4.78, 5) is 11.9. The molecule has 3 rings (SSSR count). The van der Waals surface area contributed by atoms with Gasteiger partial charge in [0.15, 0.2) is 0 Å². The van der Waals surface area contributed by atoms with Crippen LogP contribution in [-0.4, -0.2) is 41.1 Å². The number of benzene rings is 2. The van der Waals surface area contributed by atoms with Crippen molar-refractivity contribution in [2.45, 2.75) is 12.8 Å². The third-order valence-electron chi connectivity index (χ3n) is 4.49. The largest absolute Gasteiger partial charge is 0.338 e. The maximum Gasteiger partial charge on any atom is 0.326 e. The number of para-hydroxylation sites is 2. The lowest BCUT2D eigenvalue weighted by Crippen LogP contribution is -2.43. The summed E-state index contributed by atoms with van der Waals surface area (Å²) >= 11 is 0. The molecule has 0 saturated carbocycles. The van der Waals surface area contributed by atoms with Crippen molar-refractivity contribution in [2.24, 2.45) is 0 Å². The minimum Gasteiger partial charge on any atom is -0.338 e. The van der Waals surface area contributed by atoms with Crippen molar-refractivity contribution in [3.05, 3.63) is 60.2 Å². The van der Waals surface area contributed by atoms with Crippen molar-refractivity contribution in [3.8, 4) is 0 Å². The standard InChI is InChI=1S/C19H24N4O3S/c1-22-17-11-5-6-12-18(17)23(27(22,25)26)15-14-21-19(24)20-13-7-10-16-8-3-2-4-9-16/h2-6,8-9,11-12H,7,10,13-15H2,1H3,(H2,20,21,24). The van der Waals surface area contributed by atoms with Gasteiger partial charge < -0.3 is 10.6 Å². The van der Waals surface area contributed by atoms with Gasteiger partial charge in [-0.15, -0.1) is 0 Å². The second-order valence-corrected chi connectivity index (χ2v) is 8.19. The summed E-state index contributed by atoms with van der Waals surface area (Å²) in [5.74, 6) is 0. The summed E-state index contributed by atoms with van der Waals surface area (Å²) in [6.45, 7) is 0.974. The molecule has 0 unspecified atom stereocenters. The van der Waals surface area contributed by atoms with Gasteiger partial charge in [-0.05, 0) is 30.5 Å². The Hall–Kier alpha value is -2.74. The molecule has 0 bridgehead atoms. The van der Waals surface area contributed by atoms with Crippen molar-refractivity contribution in [2.75, 3.05) is 35.3 Å². The molecule has 0 atom stereocenters. The van der Waals surface area contributed by atoms with Crippen LogP contribution in [0.5, 0.6) is 0 Å². The summed E-state index contributed by atoms with van der Waals surface area (Å²) in [6, 6.07) is 16.9. The van der Waals surface area contributed by atoms with Gasteiger partial charge in [0.2, 0.25) is 0 Å². The van der Waals surface area contributed by atoms with Crippen molar-refractivity contribution in [3.63, 3.8) is 0 Å². The Kier molecular flexibility index (Phi) is 5.85. The molecule has 0 aliphatic carbocycles. The lowest BCUT2D eigenvalue weighted by Gasteiger charge is -2.19. The van der Waals surface area contributed by atoms with Crippen molar-refractivity contribution in [1.82, 2.24) is 10.6 Å². The number of amides is 2. The van der Waals surface area contributed by atoms with E-state index in [4.69, 9.17) is 0 Å². The molecular weight excluding hydrogens is 364 g/mol. The first kappa shape index (κ1) is 19.0. The molecule has 1 heterocycles. The van der Waals surface area contributed by atoms with Gasteiger partial charge in [0, 0.05) is 20.1 Å². The molecule has 8 heteroatoms. The zero-order chi connectivity index (χ0) is 19.3. The van der Waals surface area contributed by atoms with Gasteiger partial charge in [0.1, 0.15) is 0 Å². The first-order chi connectivity index (χ1) is 13.0. The molecule has 1 aliphatic heterocycles. The number of aryl methyl sites for hydroxylation is 1. The monoisotopic (exact) mass is 388 g/mol. The average Bonchev–Trinajstić information content (AvgIpc) is 2.87. The number of hydrogen-bond acceptors (Lipinski definition) is 3. The Morgan fingerprint density at radius 1 is 0.926 bits per heavy atom. The SMILES string of the molecule is CN1c2ccccc2N(CCNC(=O)NCCCc2ccccc2)S1(=O)=O. The van der Waals surface area contributed by atoms with E-state index in [-0.39, 0.29) is 19.1 Å². The number of carbonyl (C=O) groups is 1. The lowest BCUT2D eigenvalue weighted by atomic mass is 10.1. The predicted octanol–water partition coefficient (Wildman–Crippen LogP) is 2.12. The Labute approximate surface area is 160 Å². The molecule has 0 radical (unpaired) electrons. The number of nitrogens with zero attached hydrogens (tertiary/aromatic N) is 2. The maximum absolute atomic E-state index is 12.5. The van der Waals surface area contributed by atoms with Gasteiger partial charge in [0.05, 0.1) is 17.9 Å². The summed E-state index contributed by atoms with van der Waals surface area (Å²) in [5, 5.41) is 5.52. The number of carbonyl (C=O) groups excluding carboxylic acids is 1. The van der Waals surface area contributed by atoms with Crippen LogP contribution in [0.15, 0.2) is 54.6 Å². The smallest absolute Gasteiger partial charge is 0.326 e. The van der Waals surface area contributed by atoms with E-state index in [1.54, 1.807) is 24.3 Å². The zero-order valence-electron chi connectivity index (χ0n) is 15.3. The zero-order valence-corrected chi connectivity index (χ0v) is 16.1. The summed E-state index contributed by atoms with van der Waals surface area (Å²) in [6.07, 6.45) is 1.74. The fourth-order valence-corrected chi connectivity index (χ4v) is 4.47. The summed E-state index contributed by atoms with van der Waals surface area (Å²) in [7, 11) is -2.05. The third-order valence-corrected chi connectivity index (χ3v) is 6.31. The number of hydrogen-bond donors (Lipinski definition) is 2. The van der Waals surface area contributed by atoms with Crippen LogP contribution in [0.25, 0.3) is 0 Å². The van der Waals surface area contributed by atoms with Crippen LogP contribution in [0.4, 0.5) is 16.2 Å². The minimum atomic E-state index is -3.58. The van der Waals surface area contributed by atoms with Crippen LogP contribution in [0, 0.1) is 0 Å². The van der Waals surface area contributed by atoms with Gasteiger partial charge >= 0.3 is 16.2 Å². The van der Waals surface area contributed by atoms with Crippen molar-refractivity contribution >= 4 is 27.6 Å². The molecule has 0 spiro atoms. The van der Waals surface area contributed by atoms with Gasteiger partial charge in [-0.25, -0.2) is 9.10 Å². The first-order valence-electron chi connectivity index (χ1n) is 8.91. The quantitative estimate of drug-likeness (QED) is 0.713. The highest BCUT2D eigenvalue weighted by Crippen LogP contribution is 2.38. The Balaban J connectivity index is 1.42. The molecular formula is C19H24N4O3S. The topological polar surface area (TPSA) is 81.8 Å². The molecule has 2 amide bonds. The van der Waals surface area contributed by atoms with E-state index >= 15 is 0 Å². The third kappa shape index (κ3) is 4.33. The van der Waals surface area contributed by atoms with E-state index < -0.39 is 10.2 Å². The number of nitrogens with one attached hydrogen (secondary N) is 2. The van der Waals surface area contributed by atoms with Crippen LogP contribution in [0.2, 0.25) is 0 Å². The van der Waals surface area contributed by atoms with E-state index in [1.807, 2.05) is 18.2 Å². The van der Waals surface area contributed by atoms with Gasteiger partial charge in [-0.3, -0.25) is 4.31 Å². The van der Waals surface area contributed by atoms with Crippen LogP contribution < -0.4 is 19.2 Å². The van der Waals surface area contributed by atoms with Crippen molar-refractivity contribution in [1.29, 1.82) is 0 Å². The van der Waals surface area contributed by atoms with Crippen LogP contribution in [0.3, 0.4) is 0 Å². The van der Waals surface area contributed by atoms with E-state index in [9.17, 15) is 13.2 Å². The Morgan fingerprint density at radius 2 is 1.56 bits per heavy atom. The number of fused-ring (bicyclic) bond motifs is 1. The minimum absolute atomic E-state index is 0.182. The number of rotatable bonds is 7. The second-order valence-electron chi connectivity index (χ2n) is 6.31. The fourth-order valence-electron chi connectivity index (χ4n) is 3.05. The van der Waals surface area contributed by atoms with Gasteiger partial charge in [0.25, 0.3) is 0 Å². The molecule has 1 aliphatic rings. The van der Waals surface area contributed by atoms with Crippen LogP contribution in [-0.2, 0) is 16.6 Å². The van der Waals surface area contributed by atoms with E-state index in [2.05, 4.69) is 22.8 Å². The predicted molar refractivity (Wildman–Crippen MR) is 107 cm³/mol. The number of anilines is 2. The first-order valence-corrected chi connectivity index (χ1v) is 10.3. The molecule has 144 valence electrons. The Morgan fingerprint density at radius 3 is 2.30 bits per heavy atom. The van der Waals surface area contributed by atoms with E-state index in [0.717, 1.165) is 12.8 Å². The molecule has 27 heavy (non-hydrogen) atoms. The molecule has 2 N–H and O–H groups in total. The molecule has 0 aromatic heterocycles. The highest BCUT2D eigenvalue weighted by molar-refractivity contribution is 7.94. The average molecular weight is 388 g/mol. The molecule has 7 nitrogen and oxygen atoms in total. The molecule has 0 saturated heterocycles. The molecule has 2 aromatic carbocycles. The molecule has 0 fully saturated rings. The van der Waals surface area contributed by atoms with Crippen LogP contribution in [0.1, 0.15) is 12.0 Å². The van der Waals surface area contributed by atoms with E-state index in [1.165, 1.54) is 21.2 Å². The van der Waals surface area contributed by atoms with Crippen LogP contribution >= 0.6 is 0 Å². The van der Waals surface area contributed by atoms with Gasteiger partial charge in [-0.1, -0.05) is 42.5 Å². The van der Waals surface area contributed by atoms with Gasteiger partial charge in [-0.2, -0.15) is 8.42 Å². The Bertz CT molecular complexity index is 887.